The first-order valence-corrected chi connectivity index (χ1v) is 10.7. The molecule has 9 nitrogen and oxygen atoms in total. The lowest BCUT2D eigenvalue weighted by molar-refractivity contribution is -0.117. The zero-order valence-electron chi connectivity index (χ0n) is 17.7. The number of fused-ring (bicyclic) bond motifs is 2. The molecule has 0 bridgehead atoms. The van der Waals surface area contributed by atoms with Crippen LogP contribution in [0.4, 0.5) is 14.7 Å². The molecule has 6 rings (SSSR count). The number of alkyl halides is 2. The van der Waals surface area contributed by atoms with Gasteiger partial charge in [-0.2, -0.15) is 4.98 Å². The second kappa shape index (κ2) is 7.08. The number of ether oxygens (including phenoxy) is 1. The molecule has 1 N–H and O–H groups in total. The third-order valence-electron chi connectivity index (χ3n) is 6.46. The molecule has 4 aromatic rings. The summed E-state index contributed by atoms with van der Waals surface area (Å²) in [5, 5.41) is 11.5. The van der Waals surface area contributed by atoms with Crippen molar-refractivity contribution < 1.29 is 18.3 Å². The average Bonchev–Trinajstić information content (AvgIpc) is 3.12. The summed E-state index contributed by atoms with van der Waals surface area (Å²) in [5.41, 5.74) is -0.543. The topological polar surface area (TPSA) is 103 Å². The van der Waals surface area contributed by atoms with E-state index in [9.17, 15) is 18.4 Å². The van der Waals surface area contributed by atoms with Gasteiger partial charge in [-0.15, -0.1) is 10.2 Å². The number of nitrogens with zero attached hydrogens (tertiary/aromatic N) is 5. The molecule has 1 spiro atoms. The Morgan fingerprint density at radius 3 is 2.74 bits per heavy atom. The molecule has 2 radical (unpaired) electrons. The molecule has 2 fully saturated rings. The number of halogens is 2. The number of pyridine rings is 1. The molecule has 34 heavy (non-hydrogen) atoms. The van der Waals surface area contributed by atoms with E-state index in [2.05, 4.69) is 20.5 Å². The van der Waals surface area contributed by atoms with E-state index in [0.29, 0.717) is 16.5 Å². The van der Waals surface area contributed by atoms with Crippen molar-refractivity contribution in [1.82, 2.24) is 24.4 Å². The highest BCUT2D eigenvalue weighted by atomic mass is 19.3. The van der Waals surface area contributed by atoms with Crippen LogP contribution in [0.1, 0.15) is 19.3 Å². The molecule has 2 aliphatic rings. The van der Waals surface area contributed by atoms with Crippen molar-refractivity contribution >= 4 is 41.6 Å². The van der Waals surface area contributed by atoms with E-state index in [1.807, 2.05) is 0 Å². The van der Waals surface area contributed by atoms with Crippen molar-refractivity contribution in [3.05, 3.63) is 52.9 Å². The molecule has 1 aromatic carbocycles. The molecule has 2 aliphatic carbocycles. The minimum Gasteiger partial charge on any atom is -0.473 e. The van der Waals surface area contributed by atoms with Crippen LogP contribution in [0.5, 0.6) is 5.88 Å². The van der Waals surface area contributed by atoms with Crippen molar-refractivity contribution in [2.24, 2.45) is 5.41 Å². The van der Waals surface area contributed by atoms with Gasteiger partial charge in [-0.05, 0) is 31.0 Å². The summed E-state index contributed by atoms with van der Waals surface area (Å²) in [6.07, 6.45) is 1.53. The van der Waals surface area contributed by atoms with Gasteiger partial charge in [0.25, 0.3) is 11.5 Å². The van der Waals surface area contributed by atoms with Gasteiger partial charge in [0.15, 0.2) is 5.65 Å². The summed E-state index contributed by atoms with van der Waals surface area (Å²) in [7, 11) is 5.87. The summed E-state index contributed by atoms with van der Waals surface area (Å²) >= 11 is 0. The Labute approximate surface area is 192 Å². The van der Waals surface area contributed by atoms with Gasteiger partial charge in [0.2, 0.25) is 17.7 Å². The van der Waals surface area contributed by atoms with E-state index >= 15 is 0 Å². The Morgan fingerprint density at radius 1 is 1.21 bits per heavy atom. The molecule has 0 aliphatic heterocycles. The Hall–Kier alpha value is -3.83. The number of benzene rings is 1. The number of carbonyl (C=O) groups excluding carboxylic acids is 1. The summed E-state index contributed by atoms with van der Waals surface area (Å²) in [4.78, 5) is 29.8. The highest BCUT2D eigenvalue weighted by Crippen LogP contribution is 2.71. The summed E-state index contributed by atoms with van der Waals surface area (Å²) < 4.78 is 35.5. The predicted octanol–water partition coefficient (Wildman–Crippen LogP) is 1.44. The number of hydrogen-bond donors (Lipinski definition) is 1. The van der Waals surface area contributed by atoms with Crippen molar-refractivity contribution in [3.8, 4) is 5.88 Å². The molecule has 170 valence electrons. The lowest BCUT2D eigenvalue weighted by Crippen LogP contribution is -2.39. The Kier molecular flexibility index (Phi) is 4.33. The zero-order valence-corrected chi connectivity index (χ0v) is 17.7. The highest BCUT2D eigenvalue weighted by molar-refractivity contribution is 6.33. The third-order valence-corrected chi connectivity index (χ3v) is 6.46. The van der Waals surface area contributed by atoms with Crippen LogP contribution < -0.4 is 21.1 Å². The number of nitrogens with one attached hydrogen (secondary N) is 1. The first kappa shape index (κ1) is 20.8. The number of anilines is 1. The normalized spacial score (nSPS) is 22.6. The number of hydrogen-bond acceptors (Lipinski definition) is 6. The first-order valence-electron chi connectivity index (χ1n) is 10.7. The number of rotatable bonds is 5. The van der Waals surface area contributed by atoms with Crippen molar-refractivity contribution in [1.29, 1.82) is 0 Å². The van der Waals surface area contributed by atoms with E-state index in [0.717, 1.165) is 4.68 Å². The van der Waals surface area contributed by atoms with Gasteiger partial charge in [-0.3, -0.25) is 14.9 Å². The highest BCUT2D eigenvalue weighted by Gasteiger charge is 2.76. The molecule has 2 saturated carbocycles. The largest absolute Gasteiger partial charge is 0.473 e. The van der Waals surface area contributed by atoms with Crippen LogP contribution in [0.2, 0.25) is 0 Å². The smallest absolute Gasteiger partial charge is 0.275 e. The first-order chi connectivity index (χ1) is 16.2. The molecular weight excluding hydrogens is 445 g/mol. The standard InChI is InChI=1S/C22H17BF2N6O3/c23-12-4-5-14-15(7-12)18(34-13-8-21(9-13)11-22(21,24)25)28-31(19(14)33)10-17(32)27-20-26-16-3-1-2-6-30(16)29-20/h1-7,13H,8-11H2,(H,27,29,32). The van der Waals surface area contributed by atoms with Gasteiger partial charge in [0.1, 0.15) is 20.5 Å². The average molecular weight is 462 g/mol. The van der Waals surface area contributed by atoms with Gasteiger partial charge in [0.05, 0.1) is 10.8 Å². The number of aromatic nitrogens is 5. The van der Waals surface area contributed by atoms with Crippen LogP contribution in [-0.2, 0) is 11.3 Å². The van der Waals surface area contributed by atoms with E-state index in [-0.39, 0.29) is 36.5 Å². The van der Waals surface area contributed by atoms with E-state index in [1.54, 1.807) is 36.5 Å². The molecule has 0 saturated heterocycles. The third kappa shape index (κ3) is 3.32. The molecule has 3 heterocycles. The number of amides is 1. The monoisotopic (exact) mass is 462 g/mol. The minimum absolute atomic E-state index is 0.0735. The van der Waals surface area contributed by atoms with E-state index in [4.69, 9.17) is 12.6 Å². The second-order valence-electron chi connectivity index (χ2n) is 8.87. The fourth-order valence-corrected chi connectivity index (χ4v) is 4.53. The van der Waals surface area contributed by atoms with Crippen LogP contribution in [0, 0.1) is 5.41 Å². The van der Waals surface area contributed by atoms with Gasteiger partial charge >= 0.3 is 0 Å². The second-order valence-corrected chi connectivity index (χ2v) is 8.87. The summed E-state index contributed by atoms with van der Waals surface area (Å²) in [5.74, 6) is -3.05. The van der Waals surface area contributed by atoms with Crippen LogP contribution in [-0.4, -0.2) is 50.2 Å². The van der Waals surface area contributed by atoms with Gasteiger partial charge < -0.3 is 4.74 Å². The summed E-state index contributed by atoms with van der Waals surface area (Å²) in [6.45, 7) is -0.419. The lowest BCUT2D eigenvalue weighted by Gasteiger charge is -2.35. The Balaban J connectivity index is 1.27. The maximum Gasteiger partial charge on any atom is 0.275 e. The molecule has 0 unspecified atom stereocenters. The Morgan fingerprint density at radius 2 is 2.00 bits per heavy atom. The maximum atomic E-state index is 13.6. The quantitative estimate of drug-likeness (QED) is 0.451. The molecule has 12 heteroatoms. The molecule has 0 atom stereocenters. The van der Waals surface area contributed by atoms with Gasteiger partial charge in [-0.25, -0.2) is 18.0 Å². The molecule has 3 aromatic heterocycles. The van der Waals surface area contributed by atoms with Crippen molar-refractivity contribution in [2.75, 3.05) is 5.32 Å². The van der Waals surface area contributed by atoms with Crippen LogP contribution >= 0.6 is 0 Å². The van der Waals surface area contributed by atoms with Gasteiger partial charge in [-0.1, -0.05) is 23.7 Å². The molecular formula is C22H17BF2N6O3. The zero-order chi connectivity index (χ0) is 23.7. The van der Waals surface area contributed by atoms with E-state index in [1.165, 1.54) is 10.6 Å². The van der Waals surface area contributed by atoms with Crippen LogP contribution in [0.15, 0.2) is 47.4 Å². The maximum absolute atomic E-state index is 13.6. The predicted molar refractivity (Wildman–Crippen MR) is 119 cm³/mol. The fourth-order valence-electron chi connectivity index (χ4n) is 4.53. The van der Waals surface area contributed by atoms with Crippen LogP contribution in [0.25, 0.3) is 16.4 Å². The van der Waals surface area contributed by atoms with E-state index < -0.39 is 35.5 Å². The summed E-state index contributed by atoms with van der Waals surface area (Å²) in [6, 6.07) is 9.92. The Bertz CT molecular complexity index is 1500. The van der Waals surface area contributed by atoms with Crippen molar-refractivity contribution in [2.45, 2.75) is 37.8 Å². The SMILES string of the molecule is [B]c1ccc2c(=O)n(CC(=O)Nc3nc4ccccn4n3)nc(OC3CC4(C3)CC4(F)F)c2c1. The number of carbonyl (C=O) groups is 1. The molecule has 1 amide bonds. The fraction of sp³-hybridized carbons (Fsp3) is 0.318. The van der Waals surface area contributed by atoms with Gasteiger partial charge in [0, 0.05) is 18.0 Å². The lowest BCUT2D eigenvalue weighted by atomic mass is 9.78. The van der Waals surface area contributed by atoms with Crippen LogP contribution in [0.3, 0.4) is 0 Å². The van der Waals surface area contributed by atoms with Crippen molar-refractivity contribution in [3.63, 3.8) is 0 Å². The minimum atomic E-state index is -2.64.